The predicted molar refractivity (Wildman–Crippen MR) is 62.4 cm³/mol. The van der Waals surface area contributed by atoms with Crippen molar-refractivity contribution in [3.05, 3.63) is 35.4 Å². The highest BCUT2D eigenvalue weighted by atomic mass is 16.4. The van der Waals surface area contributed by atoms with Crippen molar-refractivity contribution in [2.24, 2.45) is 5.73 Å². The van der Waals surface area contributed by atoms with E-state index in [1.807, 2.05) is 0 Å². The van der Waals surface area contributed by atoms with Crippen LogP contribution in [0, 0.1) is 0 Å². The van der Waals surface area contributed by atoms with Gasteiger partial charge in [0, 0.05) is 0 Å². The van der Waals surface area contributed by atoms with E-state index in [4.69, 9.17) is 10.8 Å². The molecule has 0 aliphatic carbocycles. The zero-order valence-corrected chi connectivity index (χ0v) is 9.41. The van der Waals surface area contributed by atoms with Gasteiger partial charge < -0.3 is 21.1 Å². The van der Waals surface area contributed by atoms with Crippen LogP contribution >= 0.6 is 0 Å². The maximum absolute atomic E-state index is 10.4. The van der Waals surface area contributed by atoms with Crippen LogP contribution in [0.5, 0.6) is 0 Å². The van der Waals surface area contributed by atoms with Gasteiger partial charge in [-0.3, -0.25) is 4.79 Å². The van der Waals surface area contributed by atoms with Crippen LogP contribution in [0.3, 0.4) is 0 Å². The van der Waals surface area contributed by atoms with Crippen LogP contribution in [0.15, 0.2) is 24.3 Å². The molecule has 1 rings (SSSR count). The molecule has 0 radical (unpaired) electrons. The maximum Gasteiger partial charge on any atom is 0.306 e. The molecule has 1 aromatic rings. The highest BCUT2D eigenvalue weighted by molar-refractivity contribution is 5.67. The average Bonchev–Trinajstić information content (AvgIpc) is 2.28. The van der Waals surface area contributed by atoms with Gasteiger partial charge in [-0.2, -0.15) is 0 Å². The van der Waals surface area contributed by atoms with E-state index in [-0.39, 0.29) is 0 Å². The lowest BCUT2D eigenvalue weighted by molar-refractivity contribution is -0.141. The minimum Gasteiger partial charge on any atom is -0.481 e. The molecule has 0 fully saturated rings. The van der Waals surface area contributed by atoms with Crippen molar-refractivity contribution in [1.82, 2.24) is 0 Å². The van der Waals surface area contributed by atoms with E-state index >= 15 is 0 Å². The third kappa shape index (κ3) is 4.14. The standard InChI is InChI=1S/C12H17NO4/c13-6-5-8-1-3-9(4-2-8)12(17)10(14)7-11(15)16/h1-4,10,12,14,17H,5-7,13H2,(H,15,16). The van der Waals surface area contributed by atoms with Gasteiger partial charge in [0.2, 0.25) is 0 Å². The van der Waals surface area contributed by atoms with E-state index in [0.717, 1.165) is 12.0 Å². The van der Waals surface area contributed by atoms with E-state index in [1.165, 1.54) is 0 Å². The van der Waals surface area contributed by atoms with Crippen molar-refractivity contribution in [3.8, 4) is 0 Å². The molecule has 0 amide bonds. The summed E-state index contributed by atoms with van der Waals surface area (Å²) in [7, 11) is 0. The summed E-state index contributed by atoms with van der Waals surface area (Å²) in [6.45, 7) is 0.545. The van der Waals surface area contributed by atoms with Gasteiger partial charge in [-0.05, 0) is 24.1 Å². The molecule has 0 heterocycles. The number of hydrogen-bond acceptors (Lipinski definition) is 4. The van der Waals surface area contributed by atoms with Crippen molar-refractivity contribution >= 4 is 5.97 Å². The number of benzene rings is 1. The first-order chi connectivity index (χ1) is 8.04. The molecule has 94 valence electrons. The number of carboxylic acids is 1. The SMILES string of the molecule is NCCc1ccc(C(O)C(O)CC(=O)O)cc1. The lowest BCUT2D eigenvalue weighted by Gasteiger charge is -2.16. The Labute approximate surface area is 99.5 Å². The summed E-state index contributed by atoms with van der Waals surface area (Å²) in [5.41, 5.74) is 6.94. The fourth-order valence-corrected chi connectivity index (χ4v) is 1.56. The third-order valence-electron chi connectivity index (χ3n) is 2.50. The topological polar surface area (TPSA) is 104 Å². The Bertz CT molecular complexity index is 363. The predicted octanol–water partition coefficient (Wildman–Crippen LogP) is 0.0568. The summed E-state index contributed by atoms with van der Waals surface area (Å²) in [5, 5.41) is 27.7. The van der Waals surface area contributed by atoms with Gasteiger partial charge in [0.15, 0.2) is 0 Å². The number of hydrogen-bond donors (Lipinski definition) is 4. The van der Waals surface area contributed by atoms with E-state index in [2.05, 4.69) is 0 Å². The van der Waals surface area contributed by atoms with Crippen molar-refractivity contribution in [1.29, 1.82) is 0 Å². The number of aliphatic hydroxyl groups excluding tert-OH is 2. The van der Waals surface area contributed by atoms with Crippen LogP contribution in [0.4, 0.5) is 0 Å². The number of nitrogens with two attached hydrogens (primary N) is 1. The Hall–Kier alpha value is -1.43. The van der Waals surface area contributed by atoms with E-state index < -0.39 is 24.6 Å². The van der Waals surface area contributed by atoms with Crippen molar-refractivity contribution < 1.29 is 20.1 Å². The molecule has 0 saturated carbocycles. The zero-order valence-electron chi connectivity index (χ0n) is 9.41. The zero-order chi connectivity index (χ0) is 12.8. The Balaban J connectivity index is 2.68. The Morgan fingerprint density at radius 2 is 1.82 bits per heavy atom. The van der Waals surface area contributed by atoms with Crippen molar-refractivity contribution in [2.75, 3.05) is 6.54 Å². The van der Waals surface area contributed by atoms with Gasteiger partial charge in [0.05, 0.1) is 12.5 Å². The first kappa shape index (κ1) is 13.6. The first-order valence-electron chi connectivity index (χ1n) is 5.41. The van der Waals surface area contributed by atoms with Crippen LogP contribution in [0.2, 0.25) is 0 Å². The Kier molecular flexibility index (Phi) is 5.09. The van der Waals surface area contributed by atoms with Crippen LogP contribution in [0.1, 0.15) is 23.7 Å². The second kappa shape index (κ2) is 6.34. The van der Waals surface area contributed by atoms with Gasteiger partial charge in [-0.1, -0.05) is 24.3 Å². The summed E-state index contributed by atoms with van der Waals surface area (Å²) in [6, 6.07) is 6.94. The largest absolute Gasteiger partial charge is 0.481 e. The van der Waals surface area contributed by atoms with Crippen LogP contribution < -0.4 is 5.73 Å². The monoisotopic (exact) mass is 239 g/mol. The number of aliphatic hydroxyl groups is 2. The normalized spacial score (nSPS) is 14.3. The molecule has 1 aromatic carbocycles. The first-order valence-corrected chi connectivity index (χ1v) is 5.41. The molecule has 2 unspecified atom stereocenters. The minimum absolute atomic E-state index is 0.480. The molecule has 0 saturated heterocycles. The second-order valence-corrected chi connectivity index (χ2v) is 3.89. The van der Waals surface area contributed by atoms with Gasteiger partial charge in [0.25, 0.3) is 0 Å². The molecule has 5 N–H and O–H groups in total. The molecule has 0 bridgehead atoms. The molecule has 0 aliphatic rings. The summed E-state index contributed by atoms with van der Waals surface area (Å²) in [5.74, 6) is -1.14. The van der Waals surface area contributed by atoms with E-state index in [1.54, 1.807) is 24.3 Å². The molecule has 5 nitrogen and oxygen atoms in total. The van der Waals surface area contributed by atoms with Gasteiger partial charge >= 0.3 is 5.97 Å². The summed E-state index contributed by atoms with van der Waals surface area (Å²) >= 11 is 0. The summed E-state index contributed by atoms with van der Waals surface area (Å²) in [6.07, 6.45) is -2.22. The maximum atomic E-state index is 10.4. The van der Waals surface area contributed by atoms with Crippen LogP contribution in [0.25, 0.3) is 0 Å². The van der Waals surface area contributed by atoms with Crippen LogP contribution in [-0.4, -0.2) is 33.9 Å². The van der Waals surface area contributed by atoms with Crippen LogP contribution in [-0.2, 0) is 11.2 Å². The highest BCUT2D eigenvalue weighted by Gasteiger charge is 2.20. The van der Waals surface area contributed by atoms with Gasteiger partial charge in [-0.25, -0.2) is 0 Å². The fraction of sp³-hybridized carbons (Fsp3) is 0.417. The number of aliphatic carboxylic acids is 1. The molecule has 0 aliphatic heterocycles. The molecule has 0 spiro atoms. The quantitative estimate of drug-likeness (QED) is 0.562. The van der Waals surface area contributed by atoms with E-state index in [9.17, 15) is 15.0 Å². The lowest BCUT2D eigenvalue weighted by atomic mass is 10.0. The summed E-state index contributed by atoms with van der Waals surface area (Å²) < 4.78 is 0. The number of rotatable bonds is 6. The fourth-order valence-electron chi connectivity index (χ4n) is 1.56. The molecule has 17 heavy (non-hydrogen) atoms. The minimum atomic E-state index is -1.30. The Morgan fingerprint density at radius 3 is 2.29 bits per heavy atom. The molecule has 2 atom stereocenters. The van der Waals surface area contributed by atoms with Crippen molar-refractivity contribution in [2.45, 2.75) is 25.0 Å². The number of carbonyl (C=O) groups is 1. The second-order valence-electron chi connectivity index (χ2n) is 3.89. The third-order valence-corrected chi connectivity index (χ3v) is 2.50. The molecule has 5 heteroatoms. The summed E-state index contributed by atoms with van der Waals surface area (Å²) in [4.78, 5) is 10.4. The average molecular weight is 239 g/mol. The lowest BCUT2D eigenvalue weighted by Crippen LogP contribution is -2.21. The van der Waals surface area contributed by atoms with E-state index in [0.29, 0.717) is 12.1 Å². The van der Waals surface area contributed by atoms with Crippen molar-refractivity contribution in [3.63, 3.8) is 0 Å². The number of carboxylic acid groups (broad SMARTS) is 1. The molecular weight excluding hydrogens is 222 g/mol. The molecule has 0 aromatic heterocycles. The highest BCUT2D eigenvalue weighted by Crippen LogP contribution is 2.19. The smallest absolute Gasteiger partial charge is 0.306 e. The molecular formula is C12H17NO4. The van der Waals surface area contributed by atoms with Gasteiger partial charge in [-0.15, -0.1) is 0 Å². The van der Waals surface area contributed by atoms with Gasteiger partial charge in [0.1, 0.15) is 6.10 Å². The Morgan fingerprint density at radius 1 is 1.24 bits per heavy atom.